The number of amides is 1. The molecule has 1 aliphatic rings. The molecular formula is C22H20ClF3N4O7S2. The maximum absolute atomic E-state index is 13.3. The Bertz CT molecular complexity index is 1610. The quantitative estimate of drug-likeness (QED) is 0.416. The summed E-state index contributed by atoms with van der Waals surface area (Å²) in [6, 6.07) is 11.3. The molecule has 2 N–H and O–H groups in total. The van der Waals surface area contributed by atoms with Gasteiger partial charge in [0, 0.05) is 42.0 Å². The van der Waals surface area contributed by atoms with Crippen LogP contribution in [-0.2, 0) is 34.5 Å². The number of hydrogen-bond acceptors (Lipinski definition) is 8. The van der Waals surface area contributed by atoms with Crippen LogP contribution in [0.5, 0.6) is 0 Å². The van der Waals surface area contributed by atoms with E-state index in [4.69, 9.17) is 11.6 Å². The molecule has 1 aromatic heterocycles. The van der Waals surface area contributed by atoms with Gasteiger partial charge in [-0.15, -0.1) is 5.06 Å². The van der Waals surface area contributed by atoms with Crippen molar-refractivity contribution in [2.24, 2.45) is 0 Å². The summed E-state index contributed by atoms with van der Waals surface area (Å²) in [7, 11) is -8.60. The molecule has 1 amide bonds. The molecule has 17 heteroatoms. The number of nitrogens with zero attached hydrogens (tertiary/aromatic N) is 2. The lowest BCUT2D eigenvalue weighted by Gasteiger charge is -2.38. The number of alkyl halides is 3. The Morgan fingerprint density at radius 3 is 2.41 bits per heavy atom. The number of aromatic nitrogens is 1. The second-order valence-corrected chi connectivity index (χ2v) is 12.5. The van der Waals surface area contributed by atoms with Gasteiger partial charge in [0.15, 0.2) is 0 Å². The number of rotatable bonds is 7. The fourth-order valence-electron chi connectivity index (χ4n) is 3.89. The van der Waals surface area contributed by atoms with E-state index in [1.165, 1.54) is 36.4 Å². The predicted octanol–water partition coefficient (Wildman–Crippen LogP) is 2.41. The van der Waals surface area contributed by atoms with E-state index < -0.39 is 70.2 Å². The zero-order valence-corrected chi connectivity index (χ0v) is 22.1. The smallest absolute Gasteiger partial charge is 0.360 e. The summed E-state index contributed by atoms with van der Waals surface area (Å²) in [6.07, 6.45) is -6.18. The molecule has 39 heavy (non-hydrogen) atoms. The van der Waals surface area contributed by atoms with Crippen molar-refractivity contribution in [2.45, 2.75) is 28.6 Å². The number of H-pyrrole nitrogens is 1. The van der Waals surface area contributed by atoms with E-state index in [9.17, 15) is 39.6 Å². The van der Waals surface area contributed by atoms with Crippen molar-refractivity contribution in [1.82, 2.24) is 19.1 Å². The molecule has 2 aromatic carbocycles. The first kappa shape index (κ1) is 28.8. The van der Waals surface area contributed by atoms with Crippen LogP contribution in [0.2, 0.25) is 5.02 Å². The Morgan fingerprint density at radius 1 is 1.05 bits per heavy atom. The number of fused-ring (bicyclic) bond motifs is 1. The number of sulfonamides is 2. The van der Waals surface area contributed by atoms with Gasteiger partial charge in [0.1, 0.15) is 5.03 Å². The van der Waals surface area contributed by atoms with Crippen molar-refractivity contribution in [3.8, 4) is 0 Å². The molecule has 0 spiro atoms. The molecule has 1 unspecified atom stereocenters. The van der Waals surface area contributed by atoms with E-state index in [0.717, 1.165) is 4.31 Å². The maximum atomic E-state index is 13.3. The van der Waals surface area contributed by atoms with Crippen LogP contribution >= 0.6 is 11.6 Å². The number of benzene rings is 2. The van der Waals surface area contributed by atoms with E-state index in [-0.39, 0.29) is 9.92 Å². The molecule has 1 atom stereocenters. The monoisotopic (exact) mass is 608 g/mol. The van der Waals surface area contributed by atoms with Gasteiger partial charge in [-0.1, -0.05) is 29.8 Å². The summed E-state index contributed by atoms with van der Waals surface area (Å²) in [5.74, 6) is -3.73. The highest BCUT2D eigenvalue weighted by atomic mass is 35.5. The van der Waals surface area contributed by atoms with E-state index in [1.807, 2.05) is 0 Å². The van der Waals surface area contributed by atoms with Crippen LogP contribution in [0.4, 0.5) is 13.2 Å². The lowest BCUT2D eigenvalue weighted by molar-refractivity contribution is -0.251. The van der Waals surface area contributed by atoms with Gasteiger partial charge in [-0.05, 0) is 36.4 Å². The third kappa shape index (κ3) is 6.52. The molecule has 2 heterocycles. The van der Waals surface area contributed by atoms with E-state index in [0.29, 0.717) is 21.0 Å². The van der Waals surface area contributed by atoms with Crippen molar-refractivity contribution < 1.29 is 44.4 Å². The van der Waals surface area contributed by atoms with Crippen LogP contribution in [0.25, 0.3) is 10.9 Å². The molecule has 1 saturated heterocycles. The van der Waals surface area contributed by atoms with Gasteiger partial charge in [0.2, 0.25) is 5.91 Å². The van der Waals surface area contributed by atoms with Crippen molar-refractivity contribution in [3.05, 3.63) is 59.6 Å². The number of hydrogen-bond donors (Lipinski definition) is 2. The highest BCUT2D eigenvalue weighted by Gasteiger charge is 2.45. The van der Waals surface area contributed by atoms with Gasteiger partial charge in [-0.25, -0.2) is 26.4 Å². The molecule has 210 valence electrons. The molecule has 1 aliphatic heterocycles. The lowest BCUT2D eigenvalue weighted by Crippen LogP contribution is -2.57. The van der Waals surface area contributed by atoms with Crippen molar-refractivity contribution in [1.29, 1.82) is 0 Å². The van der Waals surface area contributed by atoms with Gasteiger partial charge in [-0.2, -0.15) is 17.5 Å². The second kappa shape index (κ2) is 10.8. The van der Waals surface area contributed by atoms with E-state index >= 15 is 0 Å². The number of piperazine rings is 1. The second-order valence-electron chi connectivity index (χ2n) is 8.45. The molecule has 0 radical (unpaired) electrons. The zero-order valence-electron chi connectivity index (χ0n) is 19.7. The average Bonchev–Trinajstić information content (AvgIpc) is 3.28. The summed E-state index contributed by atoms with van der Waals surface area (Å²) in [6.45, 7) is -1.52. The number of carbonyl (C=O) groups excluding carboxylic acids is 2. The summed E-state index contributed by atoms with van der Waals surface area (Å²) < 4.78 is 92.9. The van der Waals surface area contributed by atoms with Crippen LogP contribution in [-0.4, -0.2) is 74.9 Å². The first-order valence-electron chi connectivity index (χ1n) is 11.1. The maximum Gasteiger partial charge on any atom is 0.492 e. The fourth-order valence-corrected chi connectivity index (χ4v) is 6.57. The molecule has 0 bridgehead atoms. The van der Waals surface area contributed by atoms with Crippen LogP contribution in [0.3, 0.4) is 0 Å². The molecule has 4 rings (SSSR count). The van der Waals surface area contributed by atoms with Crippen molar-refractivity contribution in [3.63, 3.8) is 0 Å². The summed E-state index contributed by atoms with van der Waals surface area (Å²) >= 11 is 5.95. The first-order valence-corrected chi connectivity index (χ1v) is 14.4. The Morgan fingerprint density at radius 2 is 1.74 bits per heavy atom. The molecule has 3 aromatic rings. The first-order chi connectivity index (χ1) is 18.2. The normalized spacial score (nSPS) is 17.7. The van der Waals surface area contributed by atoms with Gasteiger partial charge < -0.3 is 9.82 Å². The van der Waals surface area contributed by atoms with Gasteiger partial charge in [0.05, 0.1) is 10.9 Å². The highest BCUT2D eigenvalue weighted by Crippen LogP contribution is 2.27. The standard InChI is InChI=1S/C22H20ClF3N4O7S2/c23-15-6-7-18-14(10-15)11-20(27-18)39(35,36)29-8-9-30(37-21(32)22(24,25)26)16(13-29)12-19(31)28-38(33,34)17-4-2-1-3-5-17/h1-7,10-11,16,27H,8-9,12-13H2,(H,28,31). The van der Waals surface area contributed by atoms with Gasteiger partial charge in [0.25, 0.3) is 20.0 Å². The van der Waals surface area contributed by atoms with Gasteiger partial charge >= 0.3 is 12.1 Å². The number of hydroxylamine groups is 2. The topological polar surface area (TPSA) is 146 Å². The number of aromatic amines is 1. The van der Waals surface area contributed by atoms with Crippen LogP contribution in [0.15, 0.2) is 64.5 Å². The summed E-state index contributed by atoms with van der Waals surface area (Å²) in [5.41, 5.74) is 0.456. The van der Waals surface area contributed by atoms with Gasteiger partial charge in [-0.3, -0.25) is 4.79 Å². The molecule has 11 nitrogen and oxygen atoms in total. The molecule has 1 fully saturated rings. The minimum atomic E-state index is -5.36. The molecule has 0 aliphatic carbocycles. The number of nitrogens with one attached hydrogen (secondary N) is 2. The molecular weight excluding hydrogens is 589 g/mol. The van der Waals surface area contributed by atoms with Crippen LogP contribution in [0.1, 0.15) is 6.42 Å². The average molecular weight is 609 g/mol. The lowest BCUT2D eigenvalue weighted by atomic mass is 10.1. The number of carbonyl (C=O) groups is 2. The summed E-state index contributed by atoms with van der Waals surface area (Å²) in [5, 5.41) is 1.14. The molecule has 0 saturated carbocycles. The van der Waals surface area contributed by atoms with E-state index in [2.05, 4.69) is 9.82 Å². The van der Waals surface area contributed by atoms with Crippen molar-refractivity contribution >= 4 is 54.4 Å². The predicted molar refractivity (Wildman–Crippen MR) is 131 cm³/mol. The SMILES string of the molecule is O=C(CC1CN(S(=O)(=O)c2cc3cc(Cl)ccc3[nH]2)CCN1OC(=O)C(F)(F)F)NS(=O)(=O)c1ccccc1. The van der Waals surface area contributed by atoms with Crippen LogP contribution in [0, 0.1) is 0 Å². The minimum absolute atomic E-state index is 0.240. The third-order valence-electron chi connectivity index (χ3n) is 5.72. The largest absolute Gasteiger partial charge is 0.492 e. The Hall–Kier alpha value is -3.18. The Kier molecular flexibility index (Phi) is 7.96. The third-order valence-corrected chi connectivity index (χ3v) is 9.13. The van der Waals surface area contributed by atoms with Crippen molar-refractivity contribution in [2.75, 3.05) is 19.6 Å². The Balaban J connectivity index is 1.57. The minimum Gasteiger partial charge on any atom is -0.360 e. The van der Waals surface area contributed by atoms with E-state index in [1.54, 1.807) is 22.9 Å². The fraction of sp³-hybridized carbons (Fsp3) is 0.273. The zero-order chi connectivity index (χ0) is 28.6. The number of halogens is 4. The van der Waals surface area contributed by atoms with Crippen LogP contribution < -0.4 is 4.72 Å². The Labute approximate surface area is 225 Å². The summed E-state index contributed by atoms with van der Waals surface area (Å²) in [4.78, 5) is 31.0. The highest BCUT2D eigenvalue weighted by molar-refractivity contribution is 7.90.